The molecule has 0 aromatic heterocycles. The molecule has 0 aliphatic carbocycles. The van der Waals surface area contributed by atoms with Gasteiger partial charge in [-0.1, -0.05) is 19.9 Å². The first kappa shape index (κ1) is 19.5. The number of hydrogen-bond acceptors (Lipinski definition) is 3. The second-order valence-electron chi connectivity index (χ2n) is 8.07. The molecule has 1 N–H and O–H groups in total. The monoisotopic (exact) mass is 350 g/mol. The van der Waals surface area contributed by atoms with Crippen LogP contribution in [-0.2, 0) is 4.74 Å². The number of nitrogens with one attached hydrogen (secondary N) is 1. The van der Waals surface area contributed by atoms with Gasteiger partial charge in [0, 0.05) is 24.8 Å². The zero-order valence-electron chi connectivity index (χ0n) is 16.1. The third-order valence-corrected chi connectivity index (χ3v) is 4.44. The summed E-state index contributed by atoms with van der Waals surface area (Å²) in [5, 5.41) is 3.35. The molecular weight excluding hydrogens is 319 g/mol. The van der Waals surface area contributed by atoms with Crippen molar-refractivity contribution in [2.45, 2.75) is 71.4 Å². The minimum absolute atomic E-state index is 0.179. The van der Waals surface area contributed by atoms with E-state index in [4.69, 9.17) is 4.74 Å². The lowest BCUT2D eigenvalue weighted by Crippen LogP contribution is -2.40. The maximum Gasteiger partial charge on any atom is 0.410 e. The summed E-state index contributed by atoms with van der Waals surface area (Å²) >= 11 is 0. The maximum absolute atomic E-state index is 13.6. The molecule has 1 amide bonds. The molecule has 0 radical (unpaired) electrons. The smallest absolute Gasteiger partial charge is 0.410 e. The van der Waals surface area contributed by atoms with E-state index in [-0.39, 0.29) is 18.0 Å². The van der Waals surface area contributed by atoms with Crippen molar-refractivity contribution >= 4 is 11.8 Å². The Morgan fingerprint density at radius 1 is 1.40 bits per heavy atom. The third-order valence-electron chi connectivity index (χ3n) is 4.44. The number of halogens is 1. The fourth-order valence-electron chi connectivity index (χ4n) is 3.26. The van der Waals surface area contributed by atoms with Gasteiger partial charge in [-0.15, -0.1) is 0 Å². The highest BCUT2D eigenvalue weighted by atomic mass is 19.1. The Balaban J connectivity index is 1.93. The lowest BCUT2D eigenvalue weighted by molar-refractivity contribution is 0.0223. The van der Waals surface area contributed by atoms with Crippen molar-refractivity contribution in [1.29, 1.82) is 0 Å². The minimum Gasteiger partial charge on any atom is -0.444 e. The topological polar surface area (TPSA) is 41.6 Å². The van der Waals surface area contributed by atoms with Crippen LogP contribution in [0.4, 0.5) is 14.9 Å². The molecule has 1 heterocycles. The van der Waals surface area contributed by atoms with E-state index in [2.05, 4.69) is 19.2 Å². The number of benzene rings is 1. The Bertz CT molecular complexity index is 596. The van der Waals surface area contributed by atoms with Crippen molar-refractivity contribution in [3.8, 4) is 0 Å². The average Bonchev–Trinajstić information content (AvgIpc) is 2.94. The Morgan fingerprint density at radius 2 is 2.12 bits per heavy atom. The van der Waals surface area contributed by atoms with E-state index in [9.17, 15) is 9.18 Å². The molecule has 2 rings (SSSR count). The van der Waals surface area contributed by atoms with Crippen molar-refractivity contribution in [2.24, 2.45) is 0 Å². The summed E-state index contributed by atoms with van der Waals surface area (Å²) in [7, 11) is 0. The summed E-state index contributed by atoms with van der Waals surface area (Å²) in [5.41, 5.74) is 1.48. The molecule has 4 nitrogen and oxygen atoms in total. The van der Waals surface area contributed by atoms with Crippen molar-refractivity contribution in [3.63, 3.8) is 0 Å². The number of likely N-dealkylation sites (tertiary alicyclic amines) is 1. The number of rotatable bonds is 5. The molecule has 25 heavy (non-hydrogen) atoms. The van der Waals surface area contributed by atoms with E-state index in [1.807, 2.05) is 31.7 Å². The Hall–Kier alpha value is -1.78. The zero-order valence-corrected chi connectivity index (χ0v) is 16.1. The van der Waals surface area contributed by atoms with Gasteiger partial charge in [0.15, 0.2) is 0 Å². The van der Waals surface area contributed by atoms with Crippen LogP contribution in [0.5, 0.6) is 0 Å². The number of anilines is 1. The lowest BCUT2D eigenvalue weighted by Gasteiger charge is -2.28. The van der Waals surface area contributed by atoms with E-state index in [1.165, 1.54) is 6.07 Å². The molecule has 1 fully saturated rings. The lowest BCUT2D eigenvalue weighted by atomic mass is 10.0. The predicted molar refractivity (Wildman–Crippen MR) is 99.6 cm³/mol. The quantitative estimate of drug-likeness (QED) is 0.798. The van der Waals surface area contributed by atoms with E-state index >= 15 is 0 Å². The molecule has 0 bridgehead atoms. The van der Waals surface area contributed by atoms with Gasteiger partial charge in [-0.05, 0) is 63.6 Å². The molecule has 1 aliphatic rings. The van der Waals surface area contributed by atoms with Crippen LogP contribution in [0.15, 0.2) is 18.2 Å². The van der Waals surface area contributed by atoms with Gasteiger partial charge in [-0.3, -0.25) is 0 Å². The molecule has 5 heteroatoms. The normalized spacial score (nSPS) is 17.9. The Morgan fingerprint density at radius 3 is 2.76 bits per heavy atom. The van der Waals surface area contributed by atoms with E-state index in [0.717, 1.165) is 37.1 Å². The summed E-state index contributed by atoms with van der Waals surface area (Å²) in [6.45, 7) is 11.3. The van der Waals surface area contributed by atoms with E-state index < -0.39 is 5.60 Å². The maximum atomic E-state index is 13.6. The first-order valence-electron chi connectivity index (χ1n) is 9.20. The Kier molecular flexibility index (Phi) is 6.31. The predicted octanol–water partition coefficient (Wildman–Crippen LogP) is 5.15. The van der Waals surface area contributed by atoms with Crippen LogP contribution < -0.4 is 5.32 Å². The number of carbonyl (C=O) groups is 1. The first-order chi connectivity index (χ1) is 11.7. The second-order valence-corrected chi connectivity index (χ2v) is 8.07. The molecule has 1 atom stereocenters. The van der Waals surface area contributed by atoms with Crippen LogP contribution in [0.2, 0.25) is 0 Å². The van der Waals surface area contributed by atoms with Crippen molar-refractivity contribution < 1.29 is 13.9 Å². The SMILES string of the molecule is CC(C)c1ccc(F)cc1NCCC1CCCN1C(=O)OC(C)(C)C. The van der Waals surface area contributed by atoms with Crippen LogP contribution in [0.25, 0.3) is 0 Å². The summed E-state index contributed by atoms with van der Waals surface area (Å²) in [6.07, 6.45) is 2.58. The molecular formula is C20H31FN2O2. The summed E-state index contributed by atoms with van der Waals surface area (Å²) < 4.78 is 19.1. The van der Waals surface area contributed by atoms with Gasteiger partial charge in [-0.25, -0.2) is 9.18 Å². The third kappa shape index (κ3) is 5.62. The van der Waals surface area contributed by atoms with Gasteiger partial charge in [0.05, 0.1) is 0 Å². The highest BCUT2D eigenvalue weighted by Crippen LogP contribution is 2.26. The van der Waals surface area contributed by atoms with Gasteiger partial charge >= 0.3 is 6.09 Å². The molecule has 1 saturated heterocycles. The van der Waals surface area contributed by atoms with Crippen LogP contribution in [0.1, 0.15) is 65.4 Å². The van der Waals surface area contributed by atoms with Gasteiger partial charge in [-0.2, -0.15) is 0 Å². The van der Waals surface area contributed by atoms with Crippen molar-refractivity contribution in [2.75, 3.05) is 18.4 Å². The molecule has 1 aromatic rings. The fourth-order valence-corrected chi connectivity index (χ4v) is 3.26. The van der Waals surface area contributed by atoms with Crippen LogP contribution in [0.3, 0.4) is 0 Å². The van der Waals surface area contributed by atoms with Gasteiger partial charge in [0.25, 0.3) is 0 Å². The standard InChI is InChI=1S/C20H31FN2O2/c1-14(2)17-9-8-15(21)13-18(17)22-11-10-16-7-6-12-23(16)19(24)25-20(3,4)5/h8-9,13-14,16,22H,6-7,10-12H2,1-5H3. The number of ether oxygens (including phenoxy) is 1. The van der Waals surface area contributed by atoms with Crippen molar-refractivity contribution in [1.82, 2.24) is 4.90 Å². The summed E-state index contributed by atoms with van der Waals surface area (Å²) in [6, 6.07) is 5.07. The highest BCUT2D eigenvalue weighted by Gasteiger charge is 2.31. The summed E-state index contributed by atoms with van der Waals surface area (Å²) in [5.74, 6) is 0.0935. The molecule has 1 aliphatic heterocycles. The van der Waals surface area contributed by atoms with Crippen LogP contribution in [-0.4, -0.2) is 35.7 Å². The molecule has 0 spiro atoms. The molecule has 1 aromatic carbocycles. The largest absolute Gasteiger partial charge is 0.444 e. The second kappa shape index (κ2) is 8.07. The van der Waals surface area contributed by atoms with Crippen LogP contribution >= 0.6 is 0 Å². The number of carbonyl (C=O) groups excluding carboxylic acids is 1. The van der Waals surface area contributed by atoms with Gasteiger partial charge < -0.3 is 15.0 Å². The van der Waals surface area contributed by atoms with Crippen molar-refractivity contribution in [3.05, 3.63) is 29.6 Å². The van der Waals surface area contributed by atoms with Crippen LogP contribution in [0, 0.1) is 5.82 Å². The number of hydrogen-bond donors (Lipinski definition) is 1. The minimum atomic E-state index is -0.476. The summed E-state index contributed by atoms with van der Waals surface area (Å²) in [4.78, 5) is 14.2. The highest BCUT2D eigenvalue weighted by molar-refractivity contribution is 5.69. The zero-order chi connectivity index (χ0) is 18.6. The number of amides is 1. The van der Waals surface area contributed by atoms with Gasteiger partial charge in [0.1, 0.15) is 11.4 Å². The molecule has 140 valence electrons. The molecule has 0 saturated carbocycles. The average molecular weight is 350 g/mol. The van der Waals surface area contributed by atoms with E-state index in [1.54, 1.807) is 6.07 Å². The molecule has 1 unspecified atom stereocenters. The first-order valence-corrected chi connectivity index (χ1v) is 9.20. The van der Waals surface area contributed by atoms with Gasteiger partial charge in [0.2, 0.25) is 0 Å². The Labute approximate surface area is 150 Å². The van der Waals surface area contributed by atoms with E-state index in [0.29, 0.717) is 12.5 Å². The fraction of sp³-hybridized carbons (Fsp3) is 0.650. The number of nitrogens with zero attached hydrogens (tertiary/aromatic N) is 1.